The van der Waals surface area contributed by atoms with E-state index in [0.29, 0.717) is 16.4 Å². The number of carbonyl (C=O) groups excluding carboxylic acids is 1. The van der Waals surface area contributed by atoms with Crippen molar-refractivity contribution in [2.45, 2.75) is 11.8 Å². The number of carbonyl (C=O) groups is 1. The number of sulfonamides is 1. The van der Waals surface area contributed by atoms with E-state index in [2.05, 4.69) is 10.0 Å². The summed E-state index contributed by atoms with van der Waals surface area (Å²) in [5, 5.41) is 3.03. The second-order valence-electron chi connectivity index (χ2n) is 6.05. The third kappa shape index (κ3) is 4.65. The van der Waals surface area contributed by atoms with Crippen molar-refractivity contribution >= 4 is 50.5 Å². The van der Waals surface area contributed by atoms with Gasteiger partial charge >= 0.3 is 0 Å². The van der Waals surface area contributed by atoms with Crippen molar-refractivity contribution in [2.75, 3.05) is 10.0 Å². The molecule has 28 heavy (non-hydrogen) atoms. The minimum atomic E-state index is -3.98. The Morgan fingerprint density at radius 1 is 0.893 bits per heavy atom. The molecule has 0 unspecified atom stereocenters. The summed E-state index contributed by atoms with van der Waals surface area (Å²) < 4.78 is 28.0. The second-order valence-corrected chi connectivity index (χ2v) is 8.52. The Hall–Kier alpha value is -2.54. The van der Waals surface area contributed by atoms with Gasteiger partial charge < -0.3 is 5.32 Å². The van der Waals surface area contributed by atoms with E-state index in [1.54, 1.807) is 48.5 Å². The summed E-state index contributed by atoms with van der Waals surface area (Å²) in [6.07, 6.45) is 0. The van der Waals surface area contributed by atoms with Crippen LogP contribution in [-0.4, -0.2) is 14.3 Å². The molecule has 0 aromatic heterocycles. The lowest BCUT2D eigenvalue weighted by Gasteiger charge is -2.12. The molecule has 144 valence electrons. The molecule has 1 amide bonds. The van der Waals surface area contributed by atoms with Gasteiger partial charge in [-0.05, 0) is 49.4 Å². The van der Waals surface area contributed by atoms with E-state index in [1.807, 2.05) is 6.92 Å². The van der Waals surface area contributed by atoms with Crippen molar-refractivity contribution < 1.29 is 13.2 Å². The maximum absolute atomic E-state index is 12.7. The van der Waals surface area contributed by atoms with Gasteiger partial charge in [0.15, 0.2) is 0 Å². The molecule has 0 saturated heterocycles. The molecule has 0 atom stereocenters. The number of hydrogen-bond donors (Lipinski definition) is 2. The molecule has 3 rings (SSSR count). The zero-order valence-corrected chi connectivity index (χ0v) is 17.1. The van der Waals surface area contributed by atoms with Crippen LogP contribution in [0.15, 0.2) is 71.6 Å². The van der Waals surface area contributed by atoms with Crippen LogP contribution in [0.2, 0.25) is 10.0 Å². The topological polar surface area (TPSA) is 75.3 Å². The summed E-state index contributed by atoms with van der Waals surface area (Å²) in [7, 11) is -3.98. The number of nitrogens with one attached hydrogen (secondary N) is 2. The molecule has 2 N–H and O–H groups in total. The molecule has 0 aliphatic rings. The van der Waals surface area contributed by atoms with Crippen molar-refractivity contribution in [3.63, 3.8) is 0 Å². The predicted molar refractivity (Wildman–Crippen MR) is 113 cm³/mol. The molecule has 0 spiro atoms. The SMILES string of the molecule is Cc1ccc(NS(=O)(=O)c2cc(C(=O)Nc3ccccc3Cl)ccc2Cl)cc1. The van der Waals surface area contributed by atoms with Crippen molar-refractivity contribution in [1.29, 1.82) is 0 Å². The molecule has 0 heterocycles. The van der Waals surface area contributed by atoms with Crippen LogP contribution in [-0.2, 0) is 10.0 Å². The number of halogens is 2. The largest absolute Gasteiger partial charge is 0.321 e. The van der Waals surface area contributed by atoms with Crippen LogP contribution >= 0.6 is 23.2 Å². The summed E-state index contributed by atoms with van der Waals surface area (Å²) >= 11 is 12.1. The highest BCUT2D eigenvalue weighted by Crippen LogP contribution is 2.26. The van der Waals surface area contributed by atoms with Crippen LogP contribution in [0.1, 0.15) is 15.9 Å². The summed E-state index contributed by atoms with van der Waals surface area (Å²) in [6, 6.07) is 17.7. The van der Waals surface area contributed by atoms with Crippen LogP contribution in [0, 0.1) is 6.92 Å². The van der Waals surface area contributed by atoms with Gasteiger partial charge in [-0.3, -0.25) is 9.52 Å². The third-order valence-corrected chi connectivity index (χ3v) is 6.10. The van der Waals surface area contributed by atoms with Gasteiger partial charge in [-0.15, -0.1) is 0 Å². The Morgan fingerprint density at radius 2 is 1.57 bits per heavy atom. The average Bonchev–Trinajstić information content (AvgIpc) is 2.65. The van der Waals surface area contributed by atoms with E-state index in [1.165, 1.54) is 18.2 Å². The number of hydrogen-bond acceptors (Lipinski definition) is 3. The van der Waals surface area contributed by atoms with Gasteiger partial charge in [0.25, 0.3) is 15.9 Å². The summed E-state index contributed by atoms with van der Waals surface area (Å²) in [6.45, 7) is 1.90. The van der Waals surface area contributed by atoms with Crippen LogP contribution in [0.5, 0.6) is 0 Å². The van der Waals surface area contributed by atoms with Crippen molar-refractivity contribution in [3.8, 4) is 0 Å². The second kappa shape index (κ2) is 8.22. The Balaban J connectivity index is 1.89. The maximum atomic E-state index is 12.7. The molecular formula is C20H16Cl2N2O3S. The van der Waals surface area contributed by atoms with Gasteiger partial charge in [-0.2, -0.15) is 0 Å². The number of aryl methyl sites for hydroxylation is 1. The van der Waals surface area contributed by atoms with Gasteiger partial charge in [0.2, 0.25) is 0 Å². The molecule has 3 aromatic carbocycles. The smallest absolute Gasteiger partial charge is 0.263 e. The zero-order valence-electron chi connectivity index (χ0n) is 14.7. The predicted octanol–water partition coefficient (Wildman–Crippen LogP) is 5.35. The number of rotatable bonds is 5. The maximum Gasteiger partial charge on any atom is 0.263 e. The normalized spacial score (nSPS) is 11.1. The molecule has 3 aromatic rings. The number of amides is 1. The highest BCUT2D eigenvalue weighted by molar-refractivity contribution is 7.92. The first kappa shape index (κ1) is 20.2. The average molecular weight is 435 g/mol. The first-order valence-electron chi connectivity index (χ1n) is 8.21. The first-order valence-corrected chi connectivity index (χ1v) is 10.4. The fourth-order valence-electron chi connectivity index (χ4n) is 2.44. The molecule has 0 fully saturated rings. The van der Waals surface area contributed by atoms with Gasteiger partial charge in [-0.25, -0.2) is 8.42 Å². The molecule has 8 heteroatoms. The van der Waals surface area contributed by atoms with E-state index in [9.17, 15) is 13.2 Å². The summed E-state index contributed by atoms with van der Waals surface area (Å²) in [4.78, 5) is 12.3. The molecule has 0 saturated carbocycles. The van der Waals surface area contributed by atoms with E-state index in [4.69, 9.17) is 23.2 Å². The van der Waals surface area contributed by atoms with Crippen molar-refractivity contribution in [1.82, 2.24) is 0 Å². The molecule has 0 radical (unpaired) electrons. The van der Waals surface area contributed by atoms with Gasteiger partial charge in [-0.1, -0.05) is 53.0 Å². The van der Waals surface area contributed by atoms with E-state index in [-0.39, 0.29) is 15.5 Å². The van der Waals surface area contributed by atoms with Gasteiger partial charge in [0.1, 0.15) is 4.90 Å². The Morgan fingerprint density at radius 3 is 2.25 bits per heavy atom. The molecule has 0 bridgehead atoms. The van der Waals surface area contributed by atoms with Crippen molar-refractivity contribution in [2.24, 2.45) is 0 Å². The van der Waals surface area contributed by atoms with E-state index < -0.39 is 15.9 Å². The Kier molecular flexibility index (Phi) is 5.93. The van der Waals surface area contributed by atoms with Crippen LogP contribution in [0.4, 0.5) is 11.4 Å². The molecule has 5 nitrogen and oxygen atoms in total. The fourth-order valence-corrected chi connectivity index (χ4v) is 4.21. The Bertz CT molecular complexity index is 1130. The molecule has 0 aliphatic carbocycles. The van der Waals surface area contributed by atoms with Gasteiger partial charge in [0, 0.05) is 11.3 Å². The number of benzene rings is 3. The monoisotopic (exact) mass is 434 g/mol. The van der Waals surface area contributed by atoms with Crippen LogP contribution in [0.25, 0.3) is 0 Å². The highest BCUT2D eigenvalue weighted by Gasteiger charge is 2.21. The quantitative estimate of drug-likeness (QED) is 0.567. The minimum Gasteiger partial charge on any atom is -0.321 e. The molecule has 0 aliphatic heterocycles. The lowest BCUT2D eigenvalue weighted by Crippen LogP contribution is -2.16. The van der Waals surface area contributed by atoms with Crippen LogP contribution < -0.4 is 10.0 Å². The van der Waals surface area contributed by atoms with E-state index >= 15 is 0 Å². The summed E-state index contributed by atoms with van der Waals surface area (Å²) in [5.41, 5.74) is 1.95. The number of para-hydroxylation sites is 1. The third-order valence-electron chi connectivity index (χ3n) is 3.91. The lowest BCUT2D eigenvalue weighted by molar-refractivity contribution is 0.102. The standard InChI is InChI=1S/C20H16Cl2N2O3S/c1-13-6-9-15(10-7-13)24-28(26,27)19-12-14(8-11-17(19)22)20(25)23-18-5-3-2-4-16(18)21/h2-12,24H,1H3,(H,23,25). The van der Waals surface area contributed by atoms with Crippen LogP contribution in [0.3, 0.4) is 0 Å². The lowest BCUT2D eigenvalue weighted by atomic mass is 10.2. The fraction of sp³-hybridized carbons (Fsp3) is 0.0500. The number of anilines is 2. The molecular weight excluding hydrogens is 419 g/mol. The summed E-state index contributed by atoms with van der Waals surface area (Å²) in [5.74, 6) is -0.503. The van der Waals surface area contributed by atoms with Gasteiger partial charge in [0.05, 0.1) is 15.7 Å². The van der Waals surface area contributed by atoms with Crippen molar-refractivity contribution in [3.05, 3.63) is 87.9 Å². The first-order chi connectivity index (χ1) is 13.3. The highest BCUT2D eigenvalue weighted by atomic mass is 35.5. The van der Waals surface area contributed by atoms with E-state index in [0.717, 1.165) is 5.56 Å². The Labute approximate surface area is 173 Å². The minimum absolute atomic E-state index is 0.00825. The zero-order chi connectivity index (χ0) is 20.3.